The van der Waals surface area contributed by atoms with Crippen LogP contribution >= 0.6 is 12.6 Å². The molecule has 1 radical (unpaired) electrons. The SMILES string of the molecule is N[C@@H](CS)C(=O)N[C@H]([C]=O)CCC(=O)O. The minimum absolute atomic E-state index is 0.00383. The summed E-state index contributed by atoms with van der Waals surface area (Å²) >= 11 is 3.81. The average molecular weight is 233 g/mol. The number of hydrogen-bond acceptors (Lipinski definition) is 5. The molecule has 0 aliphatic carbocycles. The Balaban J connectivity index is 4.03. The van der Waals surface area contributed by atoms with E-state index < -0.39 is 24.0 Å². The molecule has 0 fully saturated rings. The monoisotopic (exact) mass is 233 g/mol. The van der Waals surface area contributed by atoms with Crippen LogP contribution in [-0.2, 0) is 14.4 Å². The van der Waals surface area contributed by atoms with Crippen LogP contribution in [-0.4, -0.2) is 41.1 Å². The van der Waals surface area contributed by atoms with Gasteiger partial charge in [0, 0.05) is 12.2 Å². The van der Waals surface area contributed by atoms with E-state index in [1.807, 2.05) is 0 Å². The van der Waals surface area contributed by atoms with Gasteiger partial charge in [0.05, 0.1) is 12.1 Å². The minimum Gasteiger partial charge on any atom is -0.481 e. The molecule has 0 heterocycles. The van der Waals surface area contributed by atoms with Gasteiger partial charge in [-0.3, -0.25) is 14.4 Å². The van der Waals surface area contributed by atoms with E-state index in [9.17, 15) is 14.4 Å². The highest BCUT2D eigenvalue weighted by atomic mass is 32.1. The number of hydrogen-bond donors (Lipinski definition) is 4. The van der Waals surface area contributed by atoms with Gasteiger partial charge in [0.15, 0.2) is 0 Å². The van der Waals surface area contributed by atoms with Gasteiger partial charge in [0.2, 0.25) is 12.2 Å². The highest BCUT2D eigenvalue weighted by molar-refractivity contribution is 7.80. The smallest absolute Gasteiger partial charge is 0.303 e. The fraction of sp³-hybridized carbons (Fsp3) is 0.625. The Morgan fingerprint density at radius 3 is 2.53 bits per heavy atom. The van der Waals surface area contributed by atoms with Gasteiger partial charge in [-0.25, -0.2) is 0 Å². The average Bonchev–Trinajstić information content (AvgIpc) is 2.22. The Morgan fingerprint density at radius 2 is 2.13 bits per heavy atom. The van der Waals surface area contributed by atoms with Crippen molar-refractivity contribution in [1.82, 2.24) is 5.32 Å². The first-order chi connectivity index (χ1) is 7.01. The molecule has 85 valence electrons. The molecule has 6 nitrogen and oxygen atoms in total. The minimum atomic E-state index is -1.04. The van der Waals surface area contributed by atoms with Gasteiger partial charge in [-0.15, -0.1) is 0 Å². The molecular weight excluding hydrogens is 220 g/mol. The quantitative estimate of drug-likeness (QED) is 0.409. The van der Waals surface area contributed by atoms with Crippen LogP contribution in [0.5, 0.6) is 0 Å². The van der Waals surface area contributed by atoms with Crippen molar-refractivity contribution in [3.05, 3.63) is 0 Å². The van der Waals surface area contributed by atoms with Crippen molar-refractivity contribution in [2.75, 3.05) is 5.75 Å². The molecule has 0 aromatic carbocycles. The molecular formula is C8H13N2O4S. The Hall–Kier alpha value is -1.08. The van der Waals surface area contributed by atoms with Crippen LogP contribution < -0.4 is 11.1 Å². The van der Waals surface area contributed by atoms with E-state index in [0.717, 1.165) is 0 Å². The molecule has 2 atom stereocenters. The first kappa shape index (κ1) is 13.9. The number of nitrogens with two attached hydrogens (primary N) is 1. The number of carboxylic acid groups (broad SMARTS) is 1. The van der Waals surface area contributed by atoms with Crippen molar-refractivity contribution in [2.24, 2.45) is 5.73 Å². The molecule has 0 rings (SSSR count). The molecule has 0 unspecified atom stereocenters. The van der Waals surface area contributed by atoms with Gasteiger partial charge in [-0.2, -0.15) is 12.6 Å². The zero-order valence-electron chi connectivity index (χ0n) is 7.97. The van der Waals surface area contributed by atoms with E-state index in [4.69, 9.17) is 10.8 Å². The van der Waals surface area contributed by atoms with E-state index in [1.165, 1.54) is 0 Å². The zero-order valence-corrected chi connectivity index (χ0v) is 8.87. The van der Waals surface area contributed by atoms with Gasteiger partial charge >= 0.3 is 5.97 Å². The van der Waals surface area contributed by atoms with E-state index in [1.54, 1.807) is 6.29 Å². The summed E-state index contributed by atoms with van der Waals surface area (Å²) in [5.74, 6) is -1.43. The number of nitrogens with one attached hydrogen (secondary N) is 1. The maximum atomic E-state index is 11.2. The number of rotatable bonds is 7. The molecule has 0 saturated carbocycles. The van der Waals surface area contributed by atoms with Crippen molar-refractivity contribution in [3.8, 4) is 0 Å². The lowest BCUT2D eigenvalue weighted by atomic mass is 10.1. The van der Waals surface area contributed by atoms with Crippen molar-refractivity contribution >= 4 is 30.8 Å². The van der Waals surface area contributed by atoms with Crippen LogP contribution in [0.4, 0.5) is 0 Å². The highest BCUT2D eigenvalue weighted by Crippen LogP contribution is 1.96. The predicted octanol–water partition coefficient (Wildman–Crippen LogP) is -1.30. The third-order valence-electron chi connectivity index (χ3n) is 1.64. The predicted molar refractivity (Wildman–Crippen MR) is 56.3 cm³/mol. The first-order valence-corrected chi connectivity index (χ1v) is 4.90. The van der Waals surface area contributed by atoms with Crippen LogP contribution in [0.3, 0.4) is 0 Å². The summed E-state index contributed by atoms with van der Waals surface area (Å²) in [5, 5.41) is 10.6. The van der Waals surface area contributed by atoms with Crippen LogP contribution in [0, 0.1) is 0 Å². The second kappa shape index (κ2) is 7.24. The summed E-state index contributed by atoms with van der Waals surface area (Å²) in [6.07, 6.45) is 1.33. The molecule has 15 heavy (non-hydrogen) atoms. The molecule has 0 aromatic heterocycles. The molecule has 4 N–H and O–H groups in total. The van der Waals surface area contributed by atoms with Crippen molar-refractivity contribution in [1.29, 1.82) is 0 Å². The summed E-state index contributed by atoms with van der Waals surface area (Å²) in [6, 6.07) is -1.74. The first-order valence-electron chi connectivity index (χ1n) is 4.27. The van der Waals surface area contributed by atoms with E-state index in [-0.39, 0.29) is 18.6 Å². The van der Waals surface area contributed by atoms with Crippen molar-refractivity contribution in [3.63, 3.8) is 0 Å². The van der Waals surface area contributed by atoms with Crippen LogP contribution in [0.15, 0.2) is 0 Å². The third kappa shape index (κ3) is 6.08. The number of carbonyl (C=O) groups excluding carboxylic acids is 2. The molecule has 0 bridgehead atoms. The molecule has 0 saturated heterocycles. The Bertz CT molecular complexity index is 247. The Labute approximate surface area is 92.6 Å². The summed E-state index contributed by atoms with van der Waals surface area (Å²) in [6.45, 7) is 0. The van der Waals surface area contributed by atoms with Crippen molar-refractivity contribution < 1.29 is 19.5 Å². The summed E-state index contributed by atoms with van der Waals surface area (Å²) in [4.78, 5) is 31.8. The van der Waals surface area contributed by atoms with Gasteiger partial charge in [-0.05, 0) is 6.42 Å². The lowest BCUT2D eigenvalue weighted by Gasteiger charge is -2.13. The van der Waals surface area contributed by atoms with Gasteiger partial charge < -0.3 is 16.2 Å². The van der Waals surface area contributed by atoms with Crippen LogP contribution in [0.25, 0.3) is 0 Å². The lowest BCUT2D eigenvalue weighted by molar-refractivity contribution is -0.137. The normalized spacial score (nSPS) is 14.0. The number of thiol groups is 1. The largest absolute Gasteiger partial charge is 0.481 e. The van der Waals surface area contributed by atoms with Gasteiger partial charge in [0.1, 0.15) is 0 Å². The number of amides is 1. The zero-order chi connectivity index (χ0) is 11.8. The molecule has 1 amide bonds. The van der Waals surface area contributed by atoms with E-state index in [2.05, 4.69) is 17.9 Å². The molecule has 0 aliphatic heterocycles. The second-order valence-corrected chi connectivity index (χ2v) is 3.27. The molecule has 0 aliphatic rings. The fourth-order valence-corrected chi connectivity index (χ4v) is 0.956. The topological polar surface area (TPSA) is 109 Å². The number of aliphatic carboxylic acids is 1. The van der Waals surface area contributed by atoms with E-state index in [0.29, 0.717) is 0 Å². The van der Waals surface area contributed by atoms with Crippen molar-refractivity contribution in [2.45, 2.75) is 24.9 Å². The summed E-state index contributed by atoms with van der Waals surface area (Å²) in [7, 11) is 0. The van der Waals surface area contributed by atoms with E-state index >= 15 is 0 Å². The maximum absolute atomic E-state index is 11.2. The number of carboxylic acids is 1. The Morgan fingerprint density at radius 1 is 1.53 bits per heavy atom. The summed E-state index contributed by atoms with van der Waals surface area (Å²) < 4.78 is 0. The number of carbonyl (C=O) groups is 2. The highest BCUT2D eigenvalue weighted by Gasteiger charge is 2.17. The van der Waals surface area contributed by atoms with Crippen LogP contribution in [0.2, 0.25) is 0 Å². The standard InChI is InChI=1S/C8H13N2O4S/c9-6(4-15)8(14)10-5(3-11)1-2-7(12)13/h5-6,15H,1-2,4,9H2,(H,10,14)(H,12,13)/t5-,6-/m0/s1. The maximum Gasteiger partial charge on any atom is 0.303 e. The van der Waals surface area contributed by atoms with Gasteiger partial charge in [-0.1, -0.05) is 0 Å². The summed E-state index contributed by atoms with van der Waals surface area (Å²) in [5.41, 5.74) is 5.34. The lowest BCUT2D eigenvalue weighted by Crippen LogP contribution is -2.47. The van der Waals surface area contributed by atoms with Crippen LogP contribution in [0.1, 0.15) is 12.8 Å². The molecule has 7 heteroatoms. The third-order valence-corrected chi connectivity index (χ3v) is 2.03. The van der Waals surface area contributed by atoms with Gasteiger partial charge in [0.25, 0.3) is 0 Å². The molecule has 0 spiro atoms. The second-order valence-electron chi connectivity index (χ2n) is 2.90. The Kier molecular flexibility index (Phi) is 6.72. The fourth-order valence-electron chi connectivity index (χ4n) is 0.790. The molecule has 0 aromatic rings.